The number of hydrogen-bond acceptors (Lipinski definition) is 3. The molecule has 0 atom stereocenters. The van der Waals surface area contributed by atoms with E-state index in [1.165, 1.54) is 51.5 Å². The molecule has 5 nitrogen and oxygen atoms in total. The van der Waals surface area contributed by atoms with Gasteiger partial charge in [0.25, 0.3) is 0 Å². The van der Waals surface area contributed by atoms with Gasteiger partial charge in [-0.3, -0.25) is 9.89 Å². The summed E-state index contributed by atoms with van der Waals surface area (Å²) >= 11 is 0. The largest absolute Gasteiger partial charge is 0.379 e. The Morgan fingerprint density at radius 2 is 1.56 bits per heavy atom. The van der Waals surface area contributed by atoms with E-state index in [0.29, 0.717) is 0 Å². The molecule has 0 bridgehead atoms. The van der Waals surface area contributed by atoms with Crippen LogP contribution in [0.5, 0.6) is 0 Å². The van der Waals surface area contributed by atoms with Crippen LogP contribution in [0.4, 0.5) is 0 Å². The Morgan fingerprint density at radius 3 is 2.16 bits per heavy atom. The van der Waals surface area contributed by atoms with Crippen LogP contribution in [0.15, 0.2) is 4.99 Å². The summed E-state index contributed by atoms with van der Waals surface area (Å²) in [7, 11) is 1.85. The Balaban J connectivity index is 0.00000576. The van der Waals surface area contributed by atoms with Crippen LogP contribution in [0.3, 0.4) is 0 Å². The predicted molar refractivity (Wildman–Crippen MR) is 119 cm³/mol. The smallest absolute Gasteiger partial charge is 0.190 e. The van der Waals surface area contributed by atoms with Crippen LogP contribution in [0.2, 0.25) is 0 Å². The van der Waals surface area contributed by atoms with Gasteiger partial charge in [-0.25, -0.2) is 0 Å². The van der Waals surface area contributed by atoms with Gasteiger partial charge in [0, 0.05) is 33.2 Å². The van der Waals surface area contributed by atoms with Crippen molar-refractivity contribution in [2.45, 2.75) is 58.8 Å². The molecule has 25 heavy (non-hydrogen) atoms. The van der Waals surface area contributed by atoms with Crippen molar-refractivity contribution >= 4 is 29.9 Å². The normalized spacial score (nSPS) is 15.9. The van der Waals surface area contributed by atoms with Gasteiger partial charge in [0.05, 0.1) is 13.2 Å². The number of rotatable bonds is 12. The van der Waals surface area contributed by atoms with Crippen molar-refractivity contribution < 1.29 is 4.74 Å². The van der Waals surface area contributed by atoms with Crippen molar-refractivity contribution in [1.82, 2.24) is 15.5 Å². The average molecular weight is 468 g/mol. The topological polar surface area (TPSA) is 48.9 Å². The van der Waals surface area contributed by atoms with Gasteiger partial charge >= 0.3 is 0 Å². The molecular formula is C19H41IN4O. The maximum absolute atomic E-state index is 5.37. The first-order valence-electron chi connectivity index (χ1n) is 9.97. The summed E-state index contributed by atoms with van der Waals surface area (Å²) in [5.41, 5.74) is 0. The van der Waals surface area contributed by atoms with Crippen LogP contribution in [0.1, 0.15) is 58.8 Å². The minimum absolute atomic E-state index is 0. The summed E-state index contributed by atoms with van der Waals surface area (Å²) in [6.45, 7) is 11.8. The molecule has 0 unspecified atom stereocenters. The lowest BCUT2D eigenvalue weighted by Gasteiger charge is -2.26. The van der Waals surface area contributed by atoms with Gasteiger partial charge in [-0.05, 0) is 31.7 Å². The molecule has 0 amide bonds. The first-order valence-corrected chi connectivity index (χ1v) is 9.97. The number of ether oxygens (including phenoxy) is 1. The fourth-order valence-electron chi connectivity index (χ4n) is 2.95. The standard InChI is InChI=1S/C19H40N4O.HI/c1-18(2)10-6-4-5-7-11-21-19(20-3)22-12-8-9-13-23-14-16-24-17-15-23;/h18H,4-17H2,1-3H3,(H2,20,21,22);1H. The highest BCUT2D eigenvalue weighted by Crippen LogP contribution is 2.08. The van der Waals surface area contributed by atoms with Gasteiger partial charge in [0.2, 0.25) is 0 Å². The third kappa shape index (κ3) is 14.7. The Kier molecular flexibility index (Phi) is 17.3. The van der Waals surface area contributed by atoms with E-state index >= 15 is 0 Å². The summed E-state index contributed by atoms with van der Waals surface area (Å²) in [4.78, 5) is 6.80. The molecule has 0 aromatic heterocycles. The van der Waals surface area contributed by atoms with E-state index in [4.69, 9.17) is 4.74 Å². The molecule has 1 saturated heterocycles. The lowest BCUT2D eigenvalue weighted by atomic mass is 10.0. The summed E-state index contributed by atoms with van der Waals surface area (Å²) in [5, 5.41) is 6.84. The SMILES string of the molecule is CN=C(NCCCCCCC(C)C)NCCCCN1CCOCC1.I. The number of aliphatic imine (C=N–C) groups is 1. The Hall–Kier alpha value is -0.0800. The monoisotopic (exact) mass is 468 g/mol. The number of halogens is 1. The fraction of sp³-hybridized carbons (Fsp3) is 0.947. The number of guanidine groups is 1. The zero-order chi connectivity index (χ0) is 17.5. The molecule has 1 rings (SSSR count). The van der Waals surface area contributed by atoms with E-state index in [2.05, 4.69) is 34.4 Å². The minimum Gasteiger partial charge on any atom is -0.379 e. The van der Waals surface area contributed by atoms with Gasteiger partial charge in [0.1, 0.15) is 0 Å². The molecule has 0 radical (unpaired) electrons. The predicted octanol–water partition coefficient (Wildman–Crippen LogP) is 3.49. The molecule has 2 N–H and O–H groups in total. The number of morpholine rings is 1. The average Bonchev–Trinajstić information content (AvgIpc) is 2.59. The molecule has 0 spiro atoms. The number of unbranched alkanes of at least 4 members (excludes halogenated alkanes) is 4. The van der Waals surface area contributed by atoms with Crippen molar-refractivity contribution in [2.24, 2.45) is 10.9 Å². The quantitative estimate of drug-likeness (QED) is 0.199. The summed E-state index contributed by atoms with van der Waals surface area (Å²) in [5.74, 6) is 1.79. The second-order valence-corrected chi connectivity index (χ2v) is 7.18. The zero-order valence-corrected chi connectivity index (χ0v) is 19.0. The lowest BCUT2D eigenvalue weighted by Crippen LogP contribution is -2.39. The van der Waals surface area contributed by atoms with Gasteiger partial charge in [-0.2, -0.15) is 0 Å². The van der Waals surface area contributed by atoms with E-state index < -0.39 is 0 Å². The summed E-state index contributed by atoms with van der Waals surface area (Å²) in [6, 6.07) is 0. The Bertz CT molecular complexity index is 321. The van der Waals surface area contributed by atoms with Crippen LogP contribution < -0.4 is 10.6 Å². The summed E-state index contributed by atoms with van der Waals surface area (Å²) in [6.07, 6.45) is 9.06. The third-order valence-corrected chi connectivity index (χ3v) is 4.52. The van der Waals surface area contributed by atoms with E-state index in [9.17, 15) is 0 Å². The molecular weight excluding hydrogens is 427 g/mol. The molecule has 1 heterocycles. The highest BCUT2D eigenvalue weighted by Gasteiger charge is 2.08. The molecule has 150 valence electrons. The highest BCUT2D eigenvalue weighted by atomic mass is 127. The number of nitrogens with one attached hydrogen (secondary N) is 2. The van der Waals surface area contributed by atoms with Crippen molar-refractivity contribution in [2.75, 3.05) is 53.0 Å². The van der Waals surface area contributed by atoms with Crippen molar-refractivity contribution in [3.05, 3.63) is 0 Å². The molecule has 0 saturated carbocycles. The first kappa shape index (κ1) is 24.9. The van der Waals surface area contributed by atoms with E-state index in [-0.39, 0.29) is 24.0 Å². The van der Waals surface area contributed by atoms with E-state index in [1.54, 1.807) is 0 Å². The van der Waals surface area contributed by atoms with Crippen LogP contribution >= 0.6 is 24.0 Å². The first-order chi connectivity index (χ1) is 11.7. The second kappa shape index (κ2) is 17.3. The molecule has 1 fully saturated rings. The number of hydrogen-bond donors (Lipinski definition) is 2. The van der Waals surface area contributed by atoms with Crippen LogP contribution in [-0.4, -0.2) is 63.8 Å². The molecule has 1 aliphatic rings. The van der Waals surface area contributed by atoms with Gasteiger partial charge in [-0.1, -0.05) is 39.5 Å². The van der Waals surface area contributed by atoms with Crippen molar-refractivity contribution in [1.29, 1.82) is 0 Å². The highest BCUT2D eigenvalue weighted by molar-refractivity contribution is 14.0. The van der Waals surface area contributed by atoms with Gasteiger partial charge in [0.15, 0.2) is 5.96 Å². The molecule has 0 aromatic carbocycles. The summed E-state index contributed by atoms with van der Waals surface area (Å²) < 4.78 is 5.37. The molecule has 1 aliphatic heterocycles. The maximum Gasteiger partial charge on any atom is 0.190 e. The lowest BCUT2D eigenvalue weighted by molar-refractivity contribution is 0.0372. The number of nitrogens with zero attached hydrogens (tertiary/aromatic N) is 2. The molecule has 0 aliphatic carbocycles. The van der Waals surface area contributed by atoms with Crippen molar-refractivity contribution in [3.63, 3.8) is 0 Å². The van der Waals surface area contributed by atoms with Gasteiger partial charge in [-0.15, -0.1) is 24.0 Å². The zero-order valence-electron chi connectivity index (χ0n) is 16.7. The van der Waals surface area contributed by atoms with Crippen LogP contribution in [0.25, 0.3) is 0 Å². The van der Waals surface area contributed by atoms with Crippen LogP contribution in [0, 0.1) is 5.92 Å². The fourth-order valence-corrected chi connectivity index (χ4v) is 2.95. The third-order valence-electron chi connectivity index (χ3n) is 4.52. The van der Waals surface area contributed by atoms with E-state index in [1.807, 2.05) is 7.05 Å². The van der Waals surface area contributed by atoms with Gasteiger partial charge < -0.3 is 15.4 Å². The van der Waals surface area contributed by atoms with Crippen LogP contribution in [-0.2, 0) is 4.74 Å². The minimum atomic E-state index is 0. The maximum atomic E-state index is 5.37. The second-order valence-electron chi connectivity index (χ2n) is 7.18. The van der Waals surface area contributed by atoms with Crippen molar-refractivity contribution in [3.8, 4) is 0 Å². The Morgan fingerprint density at radius 1 is 0.960 bits per heavy atom. The Labute approximate surface area is 172 Å². The van der Waals surface area contributed by atoms with E-state index in [0.717, 1.165) is 51.3 Å². The molecule has 0 aromatic rings. The molecule has 6 heteroatoms.